The smallest absolute Gasteiger partial charge is 0.161 e. The van der Waals surface area contributed by atoms with Crippen molar-refractivity contribution in [2.45, 2.75) is 19.3 Å². The molecule has 55 heavy (non-hydrogen) atoms. The lowest BCUT2D eigenvalue weighted by Crippen LogP contribution is -2.17. The maximum Gasteiger partial charge on any atom is 0.161 e. The predicted octanol–water partition coefficient (Wildman–Crippen LogP) is 14.1. The third kappa shape index (κ3) is 4.88. The summed E-state index contributed by atoms with van der Waals surface area (Å²) in [5.41, 5.74) is 12.8. The second kappa shape index (κ2) is 12.1. The lowest BCUT2D eigenvalue weighted by molar-refractivity contribution is 0.668. The monoisotopic (exact) mass is 700 g/mol. The summed E-state index contributed by atoms with van der Waals surface area (Å²) >= 11 is 0. The molecule has 0 bridgehead atoms. The van der Waals surface area contributed by atoms with E-state index in [1.807, 2.05) is 0 Å². The highest BCUT2D eigenvalue weighted by atomic mass is 14.9. The molecule has 0 saturated heterocycles. The lowest BCUT2D eigenvalue weighted by atomic mass is 9.77. The first kappa shape index (κ1) is 31.6. The molecule has 9 aromatic carbocycles. The summed E-state index contributed by atoms with van der Waals surface area (Å²) < 4.78 is 0. The highest BCUT2D eigenvalue weighted by Gasteiger charge is 2.39. The molecule has 0 saturated carbocycles. The van der Waals surface area contributed by atoms with Crippen LogP contribution in [-0.4, -0.2) is 9.97 Å². The summed E-state index contributed by atoms with van der Waals surface area (Å²) in [6.45, 7) is 4.79. The Morgan fingerprint density at radius 2 is 0.836 bits per heavy atom. The topological polar surface area (TPSA) is 25.8 Å². The summed E-state index contributed by atoms with van der Waals surface area (Å²) in [5, 5.41) is 9.71. The number of nitrogens with zero attached hydrogens (tertiary/aromatic N) is 2. The van der Waals surface area contributed by atoms with Crippen molar-refractivity contribution in [1.82, 2.24) is 9.97 Å². The molecule has 0 unspecified atom stereocenters. The quantitative estimate of drug-likeness (QED) is 0.183. The fourth-order valence-electron chi connectivity index (χ4n) is 9.35. The second-order valence-corrected chi connectivity index (χ2v) is 15.3. The Balaban J connectivity index is 1.13. The number of rotatable bonds is 4. The van der Waals surface area contributed by atoms with Crippen LogP contribution in [0.15, 0.2) is 182 Å². The first-order chi connectivity index (χ1) is 27.0. The van der Waals surface area contributed by atoms with Crippen molar-refractivity contribution in [3.8, 4) is 56.2 Å². The molecule has 2 nitrogen and oxygen atoms in total. The van der Waals surface area contributed by atoms with Gasteiger partial charge in [-0.3, -0.25) is 0 Å². The van der Waals surface area contributed by atoms with Gasteiger partial charge in [0.2, 0.25) is 0 Å². The van der Waals surface area contributed by atoms with Crippen LogP contribution in [-0.2, 0) is 5.41 Å². The molecule has 11 rings (SSSR count). The molecule has 0 aliphatic heterocycles. The second-order valence-electron chi connectivity index (χ2n) is 15.3. The van der Waals surface area contributed by atoms with E-state index in [9.17, 15) is 0 Å². The normalized spacial score (nSPS) is 13.1. The molecule has 258 valence electrons. The number of benzene rings is 9. The van der Waals surface area contributed by atoms with E-state index in [2.05, 4.69) is 196 Å². The van der Waals surface area contributed by atoms with Crippen molar-refractivity contribution in [1.29, 1.82) is 0 Å². The summed E-state index contributed by atoms with van der Waals surface area (Å²) in [4.78, 5) is 10.7. The maximum absolute atomic E-state index is 5.39. The highest BCUT2D eigenvalue weighted by Crippen LogP contribution is 2.55. The number of aromatic nitrogens is 2. The van der Waals surface area contributed by atoms with Gasteiger partial charge < -0.3 is 0 Å². The molecule has 1 aliphatic rings. The zero-order valence-electron chi connectivity index (χ0n) is 30.7. The minimum Gasteiger partial charge on any atom is -0.228 e. The van der Waals surface area contributed by atoms with Gasteiger partial charge in [-0.05, 0) is 88.6 Å². The van der Waals surface area contributed by atoms with Gasteiger partial charge in [-0.15, -0.1) is 0 Å². The van der Waals surface area contributed by atoms with Crippen molar-refractivity contribution in [2.24, 2.45) is 0 Å². The first-order valence-electron chi connectivity index (χ1n) is 19.1. The Labute approximate surface area is 320 Å². The summed E-state index contributed by atoms with van der Waals surface area (Å²) in [5.74, 6) is 0.721. The van der Waals surface area contributed by atoms with Gasteiger partial charge in [-0.25, -0.2) is 9.97 Å². The van der Waals surface area contributed by atoms with Gasteiger partial charge in [0.15, 0.2) is 5.82 Å². The minimum absolute atomic E-state index is 0.184. The Hall–Kier alpha value is -6.90. The Bertz CT molecular complexity index is 3180. The van der Waals surface area contributed by atoms with E-state index >= 15 is 0 Å². The average Bonchev–Trinajstić information content (AvgIpc) is 3.49. The molecule has 10 aromatic rings. The zero-order chi connectivity index (χ0) is 36.7. The molecule has 0 fully saturated rings. The summed E-state index contributed by atoms with van der Waals surface area (Å²) in [6.07, 6.45) is 0. The van der Waals surface area contributed by atoms with Gasteiger partial charge in [-0.1, -0.05) is 184 Å². The fourth-order valence-corrected chi connectivity index (χ4v) is 9.35. The van der Waals surface area contributed by atoms with E-state index in [1.165, 1.54) is 71.1 Å². The zero-order valence-corrected chi connectivity index (χ0v) is 30.7. The van der Waals surface area contributed by atoms with E-state index in [1.54, 1.807) is 0 Å². The predicted molar refractivity (Wildman–Crippen MR) is 231 cm³/mol. The third-order valence-electron chi connectivity index (χ3n) is 11.8. The molecule has 0 atom stereocenters. The molecule has 0 amide bonds. The Morgan fingerprint density at radius 3 is 1.64 bits per heavy atom. The van der Waals surface area contributed by atoms with Gasteiger partial charge >= 0.3 is 0 Å². The summed E-state index contributed by atoms with van der Waals surface area (Å²) in [7, 11) is 0. The molecule has 2 heteroatoms. The molecular formula is C53H36N2. The molecule has 0 spiro atoms. The van der Waals surface area contributed by atoms with E-state index in [0.29, 0.717) is 0 Å². The number of fused-ring (bicyclic) bond motifs is 8. The molecule has 1 aromatic heterocycles. The molecule has 0 radical (unpaired) electrons. The van der Waals surface area contributed by atoms with Crippen molar-refractivity contribution >= 4 is 43.1 Å². The standard InChI is InChI=1S/C53H36N2/c1-53(2)50-39-19-8-6-15-35(39)27-28-46(50)45-23-12-22-44(51(45)53)42-29-30-43(41-21-10-9-20-40(41)42)49-32-48(37-26-25-33-13-3-4-16-36(33)31-37)54-52(55-49)47-24-11-17-34-14-5-7-18-38(34)47/h3-32H,1-2H3. The van der Waals surface area contributed by atoms with Crippen LogP contribution in [0.5, 0.6) is 0 Å². The number of hydrogen-bond donors (Lipinski definition) is 0. The van der Waals surface area contributed by atoms with Crippen LogP contribution >= 0.6 is 0 Å². The van der Waals surface area contributed by atoms with E-state index < -0.39 is 0 Å². The van der Waals surface area contributed by atoms with Crippen LogP contribution in [0.25, 0.3) is 99.2 Å². The molecule has 0 N–H and O–H groups in total. The van der Waals surface area contributed by atoms with E-state index in [0.717, 1.165) is 39.3 Å². The van der Waals surface area contributed by atoms with Gasteiger partial charge in [0, 0.05) is 22.1 Å². The SMILES string of the molecule is CC1(C)c2c(cccc2-c2ccc(-c3cc(-c4ccc5ccccc5c4)nc(-c4cccc5ccccc45)n3)c3ccccc23)-c2ccc3ccccc3c21. The van der Waals surface area contributed by atoms with E-state index in [4.69, 9.17) is 9.97 Å². The van der Waals surface area contributed by atoms with Gasteiger partial charge in [0.05, 0.1) is 11.4 Å². The molecular weight excluding hydrogens is 665 g/mol. The van der Waals surface area contributed by atoms with Crippen LogP contribution in [0.2, 0.25) is 0 Å². The van der Waals surface area contributed by atoms with Crippen molar-refractivity contribution in [3.05, 3.63) is 193 Å². The molecule has 1 aliphatic carbocycles. The van der Waals surface area contributed by atoms with Crippen LogP contribution in [0.4, 0.5) is 0 Å². The van der Waals surface area contributed by atoms with Crippen LogP contribution in [0, 0.1) is 0 Å². The Kier molecular flexibility index (Phi) is 6.93. The van der Waals surface area contributed by atoms with Gasteiger partial charge in [-0.2, -0.15) is 0 Å². The van der Waals surface area contributed by atoms with Crippen molar-refractivity contribution in [3.63, 3.8) is 0 Å². The van der Waals surface area contributed by atoms with Crippen LogP contribution in [0.1, 0.15) is 25.0 Å². The van der Waals surface area contributed by atoms with Crippen molar-refractivity contribution in [2.75, 3.05) is 0 Å². The average molecular weight is 701 g/mol. The molecule has 1 heterocycles. The van der Waals surface area contributed by atoms with Gasteiger partial charge in [0.1, 0.15) is 0 Å². The highest BCUT2D eigenvalue weighted by molar-refractivity contribution is 6.08. The van der Waals surface area contributed by atoms with Gasteiger partial charge in [0.25, 0.3) is 0 Å². The van der Waals surface area contributed by atoms with Crippen LogP contribution in [0.3, 0.4) is 0 Å². The van der Waals surface area contributed by atoms with Crippen molar-refractivity contribution < 1.29 is 0 Å². The minimum atomic E-state index is -0.184. The maximum atomic E-state index is 5.39. The lowest BCUT2D eigenvalue weighted by Gasteiger charge is -2.26. The van der Waals surface area contributed by atoms with Crippen LogP contribution < -0.4 is 0 Å². The fraction of sp³-hybridized carbons (Fsp3) is 0.0566. The number of hydrogen-bond acceptors (Lipinski definition) is 2. The largest absolute Gasteiger partial charge is 0.228 e. The third-order valence-corrected chi connectivity index (χ3v) is 11.8. The summed E-state index contributed by atoms with van der Waals surface area (Å²) in [6, 6.07) is 65.9. The Morgan fingerprint density at radius 1 is 0.327 bits per heavy atom. The van der Waals surface area contributed by atoms with E-state index in [-0.39, 0.29) is 5.41 Å². The first-order valence-corrected chi connectivity index (χ1v) is 19.1.